The van der Waals surface area contributed by atoms with Gasteiger partial charge in [-0.15, -0.1) is 0 Å². The van der Waals surface area contributed by atoms with Crippen LogP contribution in [0.5, 0.6) is 0 Å². The molecule has 1 saturated carbocycles. The molecule has 0 aromatic carbocycles. The molecule has 1 aliphatic heterocycles. The highest BCUT2D eigenvalue weighted by molar-refractivity contribution is 4.87. The summed E-state index contributed by atoms with van der Waals surface area (Å²) in [5, 5.41) is 13.4. The maximum atomic E-state index is 10.1. The second-order valence-electron chi connectivity index (χ2n) is 4.06. The Kier molecular flexibility index (Phi) is 2.29. The van der Waals surface area contributed by atoms with Crippen LogP contribution in [0.3, 0.4) is 0 Å². The fourth-order valence-corrected chi connectivity index (χ4v) is 2.44. The Morgan fingerprint density at radius 1 is 1.25 bits per heavy atom. The minimum atomic E-state index is -1.20. The molecule has 0 spiro atoms. The van der Waals surface area contributed by atoms with Crippen LogP contribution in [0.1, 0.15) is 39.9 Å². The van der Waals surface area contributed by atoms with Gasteiger partial charge in [-0.25, -0.2) is 0 Å². The van der Waals surface area contributed by atoms with E-state index in [4.69, 9.17) is 1.37 Å². The Hall–Kier alpha value is -0.0800. The monoisotopic (exact) mass is 170 g/mol. The smallest absolute Gasteiger partial charge is 0.0721 e. The van der Waals surface area contributed by atoms with E-state index in [9.17, 15) is 5.11 Å². The summed E-state index contributed by atoms with van der Waals surface area (Å²) in [4.78, 5) is 0. The Morgan fingerprint density at radius 3 is 2.58 bits per heavy atom. The summed E-state index contributed by atoms with van der Waals surface area (Å²) in [5.74, 6) is 0.211. The fraction of sp³-hybridized carbons (Fsp3) is 1.00. The van der Waals surface area contributed by atoms with Crippen molar-refractivity contribution >= 4 is 0 Å². The molecule has 0 unspecified atom stereocenters. The van der Waals surface area contributed by atoms with Crippen molar-refractivity contribution in [3.63, 3.8) is 0 Å². The Balaban J connectivity index is 1.99. The maximum absolute atomic E-state index is 10.1. The Labute approximate surface area is 75.8 Å². The summed E-state index contributed by atoms with van der Waals surface area (Å²) >= 11 is 0. The number of hydrogen-bond donors (Lipinski definition) is 2. The first kappa shape index (κ1) is 7.34. The minimum Gasteiger partial charge on any atom is -0.391 e. The van der Waals surface area contributed by atoms with Gasteiger partial charge in [0.25, 0.3) is 0 Å². The first-order valence-electron chi connectivity index (χ1n) is 5.67. The van der Waals surface area contributed by atoms with Crippen molar-refractivity contribution < 1.29 is 6.48 Å². The third-order valence-electron chi connectivity index (χ3n) is 3.19. The number of rotatable bonds is 2. The molecule has 2 aliphatic rings. The molecule has 1 heterocycles. The van der Waals surface area contributed by atoms with Gasteiger partial charge in [-0.2, -0.15) is 0 Å². The summed E-state index contributed by atoms with van der Waals surface area (Å²) in [6.45, 7) is 0.971. The van der Waals surface area contributed by atoms with Crippen molar-refractivity contribution in [2.45, 2.75) is 50.6 Å². The van der Waals surface area contributed by atoms with Crippen molar-refractivity contribution in [1.82, 2.24) is 5.32 Å². The topological polar surface area (TPSA) is 32.3 Å². The zero-order valence-corrected chi connectivity index (χ0v) is 7.55. The molecule has 0 bridgehead atoms. The van der Waals surface area contributed by atoms with Crippen LogP contribution < -0.4 is 5.32 Å². The molecule has 2 heteroatoms. The maximum Gasteiger partial charge on any atom is 0.0721 e. The summed E-state index contributed by atoms with van der Waals surface area (Å²) in [6.07, 6.45) is 5.34. The zero-order chi connectivity index (χ0) is 9.31. The second-order valence-corrected chi connectivity index (χ2v) is 4.06. The quantitative estimate of drug-likeness (QED) is 0.654. The molecule has 2 fully saturated rings. The van der Waals surface area contributed by atoms with E-state index in [2.05, 4.69) is 5.32 Å². The Morgan fingerprint density at radius 2 is 2.00 bits per heavy atom. The van der Waals surface area contributed by atoms with Crippen molar-refractivity contribution in [3.05, 3.63) is 0 Å². The average molecular weight is 170 g/mol. The predicted octanol–water partition coefficient (Wildman–Crippen LogP) is 1.29. The lowest BCUT2D eigenvalue weighted by molar-refractivity contribution is 0.0777. The lowest BCUT2D eigenvalue weighted by Crippen LogP contribution is -2.39. The molecule has 0 aromatic heterocycles. The van der Waals surface area contributed by atoms with Crippen molar-refractivity contribution in [3.8, 4) is 0 Å². The molecule has 0 amide bonds. The number of nitrogens with one attached hydrogen (secondary N) is 1. The van der Waals surface area contributed by atoms with Crippen LogP contribution in [0.25, 0.3) is 0 Å². The molecule has 2 atom stereocenters. The molecule has 0 radical (unpaired) electrons. The van der Waals surface area contributed by atoms with Gasteiger partial charge >= 0.3 is 0 Å². The van der Waals surface area contributed by atoms with Gasteiger partial charge in [0.2, 0.25) is 0 Å². The first-order valence-corrected chi connectivity index (χ1v) is 5.17. The number of hydrogen-bond acceptors (Lipinski definition) is 2. The van der Waals surface area contributed by atoms with E-state index < -0.39 is 6.08 Å². The first-order chi connectivity index (χ1) is 6.21. The van der Waals surface area contributed by atoms with Gasteiger partial charge < -0.3 is 10.4 Å². The Bertz CT molecular complexity index is 154. The van der Waals surface area contributed by atoms with Gasteiger partial charge in [0.15, 0.2) is 0 Å². The highest BCUT2D eigenvalue weighted by Gasteiger charge is 2.31. The SMILES string of the molecule is [2H][C@@](O)(C1CCCC1)[C@@H]1CCCN1. The van der Waals surface area contributed by atoms with Gasteiger partial charge in [-0.05, 0) is 38.1 Å². The highest BCUT2D eigenvalue weighted by atomic mass is 16.3. The molecular formula is C10H19NO. The minimum absolute atomic E-state index is 0.0237. The highest BCUT2D eigenvalue weighted by Crippen LogP contribution is 2.30. The molecule has 0 aromatic rings. The third kappa shape index (κ3) is 1.64. The predicted molar refractivity (Wildman–Crippen MR) is 49.0 cm³/mol. The van der Waals surface area contributed by atoms with Crippen LogP contribution in [-0.4, -0.2) is 23.8 Å². The van der Waals surface area contributed by atoms with Crippen LogP contribution in [0.2, 0.25) is 0 Å². The molecule has 1 aliphatic carbocycles. The van der Waals surface area contributed by atoms with E-state index in [0.717, 1.165) is 32.2 Å². The van der Waals surface area contributed by atoms with E-state index in [-0.39, 0.29) is 12.0 Å². The van der Waals surface area contributed by atoms with E-state index in [0.29, 0.717) is 0 Å². The zero-order valence-electron chi connectivity index (χ0n) is 8.55. The van der Waals surface area contributed by atoms with E-state index in [1.807, 2.05) is 0 Å². The van der Waals surface area contributed by atoms with Gasteiger partial charge in [-0.3, -0.25) is 0 Å². The van der Waals surface area contributed by atoms with Gasteiger partial charge in [0, 0.05) is 6.04 Å². The van der Waals surface area contributed by atoms with Crippen molar-refractivity contribution in [2.75, 3.05) is 6.54 Å². The molecule has 2 rings (SSSR count). The third-order valence-corrected chi connectivity index (χ3v) is 3.19. The molecule has 12 heavy (non-hydrogen) atoms. The molecule has 2 nitrogen and oxygen atoms in total. The van der Waals surface area contributed by atoms with Gasteiger partial charge in [-0.1, -0.05) is 12.8 Å². The van der Waals surface area contributed by atoms with Crippen molar-refractivity contribution in [1.29, 1.82) is 0 Å². The number of aliphatic hydroxyl groups is 1. The van der Waals surface area contributed by atoms with Crippen LogP contribution in [-0.2, 0) is 0 Å². The molecule has 2 N–H and O–H groups in total. The fourth-order valence-electron chi connectivity index (χ4n) is 2.44. The summed E-state index contributed by atoms with van der Waals surface area (Å²) in [5.41, 5.74) is 0. The second kappa shape index (κ2) is 3.75. The molecule has 70 valence electrons. The summed E-state index contributed by atoms with van der Waals surface area (Å²) < 4.78 is 8.01. The lowest BCUT2D eigenvalue weighted by Gasteiger charge is -2.23. The van der Waals surface area contributed by atoms with Crippen LogP contribution in [0, 0.1) is 5.92 Å². The van der Waals surface area contributed by atoms with E-state index in [1.165, 1.54) is 12.8 Å². The molecular weight excluding hydrogens is 150 g/mol. The van der Waals surface area contributed by atoms with Crippen LogP contribution in [0.15, 0.2) is 0 Å². The molecule has 1 saturated heterocycles. The summed E-state index contributed by atoms with van der Waals surface area (Å²) in [6, 6.07) is 0.0237. The van der Waals surface area contributed by atoms with E-state index >= 15 is 0 Å². The standard InChI is InChI=1S/C10H19NO/c12-10(8-4-1-2-5-8)9-6-3-7-11-9/h8-12H,1-7H2/t9-,10+/m0/s1/i10D. The lowest BCUT2D eigenvalue weighted by atomic mass is 9.94. The van der Waals surface area contributed by atoms with E-state index in [1.54, 1.807) is 0 Å². The van der Waals surface area contributed by atoms with Crippen molar-refractivity contribution in [2.24, 2.45) is 5.92 Å². The average Bonchev–Trinajstić information content (AvgIpc) is 2.78. The summed E-state index contributed by atoms with van der Waals surface area (Å²) in [7, 11) is 0. The normalized spacial score (nSPS) is 38.1. The van der Waals surface area contributed by atoms with Gasteiger partial charge in [0.1, 0.15) is 0 Å². The van der Waals surface area contributed by atoms with Crippen LogP contribution in [0.4, 0.5) is 0 Å². The van der Waals surface area contributed by atoms with Gasteiger partial charge in [0.05, 0.1) is 7.45 Å². The van der Waals surface area contributed by atoms with Crippen LogP contribution >= 0.6 is 0 Å². The largest absolute Gasteiger partial charge is 0.391 e.